The number of carbonyl (C=O) groups excluding carboxylic acids is 3. The van der Waals surface area contributed by atoms with Crippen molar-refractivity contribution in [1.29, 1.82) is 0 Å². The monoisotopic (exact) mass is 420 g/mol. The number of rotatable bonds is 2. The summed E-state index contributed by atoms with van der Waals surface area (Å²) in [6.07, 6.45) is 1.17. The molecule has 1 aromatic carbocycles. The standard InChI is InChI=1S/C21H27FN2O4.C2H6/c1-20(2,3)28-19(27)24-12-9-15(10-13-24)14-4-6-16(7-5-14)21(22)11-8-17(25)23-18(21)26;1-2/h4-7,15H,8-13H2,1-3H3,(H,23,25,26);1-2H3. The first kappa shape index (κ1) is 23.8. The first-order valence-corrected chi connectivity index (χ1v) is 10.7. The van der Waals surface area contributed by atoms with E-state index >= 15 is 4.39 Å². The van der Waals surface area contributed by atoms with Crippen molar-refractivity contribution >= 4 is 17.9 Å². The van der Waals surface area contributed by atoms with Crippen molar-refractivity contribution in [2.24, 2.45) is 0 Å². The molecule has 0 saturated carbocycles. The van der Waals surface area contributed by atoms with Crippen LogP contribution in [-0.2, 0) is 20.0 Å². The van der Waals surface area contributed by atoms with E-state index in [-0.39, 0.29) is 30.4 Å². The van der Waals surface area contributed by atoms with E-state index in [0.29, 0.717) is 13.1 Å². The van der Waals surface area contributed by atoms with Gasteiger partial charge in [-0.05, 0) is 50.7 Å². The fourth-order valence-corrected chi connectivity index (χ4v) is 3.70. The highest BCUT2D eigenvalue weighted by atomic mass is 19.1. The van der Waals surface area contributed by atoms with Gasteiger partial charge in [-0.15, -0.1) is 0 Å². The van der Waals surface area contributed by atoms with Gasteiger partial charge in [0.1, 0.15) is 5.60 Å². The van der Waals surface area contributed by atoms with Crippen LogP contribution in [0.2, 0.25) is 0 Å². The molecular formula is C23H33FN2O4. The predicted octanol–water partition coefficient (Wildman–Crippen LogP) is 4.43. The Morgan fingerprint density at radius 2 is 1.70 bits per heavy atom. The van der Waals surface area contributed by atoms with Crippen LogP contribution in [0.4, 0.5) is 9.18 Å². The molecule has 3 amide bonds. The number of benzene rings is 1. The molecule has 7 heteroatoms. The maximum Gasteiger partial charge on any atom is 0.410 e. The molecule has 0 aliphatic carbocycles. The van der Waals surface area contributed by atoms with Gasteiger partial charge in [0.2, 0.25) is 11.6 Å². The Kier molecular flexibility index (Phi) is 7.61. The second kappa shape index (κ2) is 9.58. The fourth-order valence-electron chi connectivity index (χ4n) is 3.70. The summed E-state index contributed by atoms with van der Waals surface area (Å²) in [5.74, 6) is -1.06. The highest BCUT2D eigenvalue weighted by Crippen LogP contribution is 2.36. The molecular weight excluding hydrogens is 387 g/mol. The molecule has 1 unspecified atom stereocenters. The lowest BCUT2D eigenvalue weighted by Gasteiger charge is -2.34. The van der Waals surface area contributed by atoms with E-state index in [9.17, 15) is 14.4 Å². The van der Waals surface area contributed by atoms with Crippen molar-refractivity contribution in [2.75, 3.05) is 13.1 Å². The number of amides is 3. The SMILES string of the molecule is CC.CC(C)(C)OC(=O)N1CCC(c2ccc(C3(F)CCC(=O)NC3=O)cc2)CC1. The van der Waals surface area contributed by atoms with Gasteiger partial charge in [0, 0.05) is 25.9 Å². The van der Waals surface area contributed by atoms with Crippen molar-refractivity contribution in [3.05, 3.63) is 35.4 Å². The van der Waals surface area contributed by atoms with Crippen LogP contribution >= 0.6 is 0 Å². The summed E-state index contributed by atoms with van der Waals surface area (Å²) in [5.41, 5.74) is -1.34. The van der Waals surface area contributed by atoms with E-state index in [0.717, 1.165) is 18.4 Å². The summed E-state index contributed by atoms with van der Waals surface area (Å²) in [4.78, 5) is 37.1. The molecule has 1 N–H and O–H groups in total. The van der Waals surface area contributed by atoms with Crippen LogP contribution in [0.1, 0.15) is 77.3 Å². The molecule has 1 aromatic rings. The second-order valence-electron chi connectivity index (χ2n) is 8.54. The quantitative estimate of drug-likeness (QED) is 0.718. The fraction of sp³-hybridized carbons (Fsp3) is 0.609. The Hall–Kier alpha value is -2.44. The summed E-state index contributed by atoms with van der Waals surface area (Å²) in [5, 5.41) is 2.08. The molecule has 1 atom stereocenters. The van der Waals surface area contributed by atoms with Crippen molar-refractivity contribution in [2.45, 2.75) is 77.5 Å². The first-order valence-electron chi connectivity index (χ1n) is 10.7. The largest absolute Gasteiger partial charge is 0.444 e. The van der Waals surface area contributed by atoms with Crippen LogP contribution in [0, 0.1) is 0 Å². The molecule has 2 aliphatic heterocycles. The van der Waals surface area contributed by atoms with Crippen LogP contribution in [0.15, 0.2) is 24.3 Å². The summed E-state index contributed by atoms with van der Waals surface area (Å²) >= 11 is 0. The number of hydrogen-bond acceptors (Lipinski definition) is 4. The number of piperidine rings is 2. The van der Waals surface area contributed by atoms with Gasteiger partial charge >= 0.3 is 6.09 Å². The summed E-state index contributed by atoms with van der Waals surface area (Å²) in [7, 11) is 0. The number of halogens is 1. The Balaban J connectivity index is 0.00000155. The van der Waals surface area contributed by atoms with Crippen molar-refractivity contribution in [1.82, 2.24) is 10.2 Å². The molecule has 2 aliphatic rings. The average Bonchev–Trinajstić information content (AvgIpc) is 2.71. The summed E-state index contributed by atoms with van der Waals surface area (Å²) in [6.45, 7) is 10.8. The summed E-state index contributed by atoms with van der Waals surface area (Å²) < 4.78 is 20.5. The van der Waals surface area contributed by atoms with Gasteiger partial charge in [-0.1, -0.05) is 38.1 Å². The third-order valence-electron chi connectivity index (χ3n) is 5.30. The van der Waals surface area contributed by atoms with Crippen LogP contribution < -0.4 is 5.32 Å². The third kappa shape index (κ3) is 5.58. The van der Waals surface area contributed by atoms with Crippen molar-refractivity contribution in [3.63, 3.8) is 0 Å². The maximum atomic E-state index is 15.1. The lowest BCUT2D eigenvalue weighted by Crippen LogP contribution is -2.49. The molecule has 2 fully saturated rings. The third-order valence-corrected chi connectivity index (χ3v) is 5.30. The zero-order valence-electron chi connectivity index (χ0n) is 18.6. The number of ether oxygens (including phenoxy) is 1. The van der Waals surface area contributed by atoms with Gasteiger partial charge in [-0.3, -0.25) is 14.9 Å². The molecule has 2 saturated heterocycles. The minimum absolute atomic E-state index is 0.00683. The van der Waals surface area contributed by atoms with Crippen LogP contribution in [0.3, 0.4) is 0 Å². The van der Waals surface area contributed by atoms with Gasteiger partial charge in [-0.2, -0.15) is 0 Å². The number of alkyl halides is 1. The minimum Gasteiger partial charge on any atom is -0.444 e. The second-order valence-corrected chi connectivity index (χ2v) is 8.54. The lowest BCUT2D eigenvalue weighted by atomic mass is 9.84. The zero-order chi connectivity index (χ0) is 22.5. The molecule has 0 spiro atoms. The molecule has 6 nitrogen and oxygen atoms in total. The van der Waals surface area contributed by atoms with Gasteiger partial charge < -0.3 is 9.64 Å². The number of hydrogen-bond donors (Lipinski definition) is 1. The van der Waals surface area contributed by atoms with E-state index in [1.165, 1.54) is 0 Å². The lowest BCUT2D eigenvalue weighted by molar-refractivity contribution is -0.144. The Bertz CT molecular complexity index is 764. The highest BCUT2D eigenvalue weighted by molar-refractivity contribution is 6.02. The highest BCUT2D eigenvalue weighted by Gasteiger charge is 2.44. The van der Waals surface area contributed by atoms with E-state index < -0.39 is 23.1 Å². The topological polar surface area (TPSA) is 75.7 Å². The number of nitrogens with zero attached hydrogens (tertiary/aromatic N) is 1. The molecule has 0 bridgehead atoms. The summed E-state index contributed by atoms with van der Waals surface area (Å²) in [6, 6.07) is 6.94. The van der Waals surface area contributed by atoms with Crippen molar-refractivity contribution in [3.8, 4) is 0 Å². The van der Waals surface area contributed by atoms with E-state index in [2.05, 4.69) is 5.32 Å². The van der Waals surface area contributed by atoms with Crippen LogP contribution in [0.5, 0.6) is 0 Å². The first-order chi connectivity index (χ1) is 14.1. The van der Waals surface area contributed by atoms with Crippen LogP contribution in [0.25, 0.3) is 0 Å². The zero-order valence-corrected chi connectivity index (χ0v) is 18.6. The molecule has 3 rings (SSSR count). The number of nitrogens with one attached hydrogen (secondary N) is 1. The number of imide groups is 1. The maximum absolute atomic E-state index is 15.1. The van der Waals surface area contributed by atoms with E-state index in [1.54, 1.807) is 17.0 Å². The molecule has 0 radical (unpaired) electrons. The van der Waals surface area contributed by atoms with Gasteiger partial charge in [0.05, 0.1) is 0 Å². The molecule has 2 heterocycles. The normalized spacial score (nSPS) is 22.7. The predicted molar refractivity (Wildman–Crippen MR) is 113 cm³/mol. The minimum atomic E-state index is -2.16. The van der Waals surface area contributed by atoms with Gasteiger partial charge in [0.15, 0.2) is 0 Å². The number of carbonyl (C=O) groups is 3. The number of likely N-dealkylation sites (tertiary alicyclic amines) is 1. The Morgan fingerprint density at radius 3 is 2.20 bits per heavy atom. The molecule has 166 valence electrons. The van der Waals surface area contributed by atoms with Gasteiger partial charge in [-0.25, -0.2) is 9.18 Å². The Morgan fingerprint density at radius 1 is 1.13 bits per heavy atom. The smallest absolute Gasteiger partial charge is 0.410 e. The van der Waals surface area contributed by atoms with Gasteiger partial charge in [0.25, 0.3) is 5.91 Å². The van der Waals surface area contributed by atoms with E-state index in [4.69, 9.17) is 4.74 Å². The average molecular weight is 421 g/mol. The van der Waals surface area contributed by atoms with E-state index in [1.807, 2.05) is 46.8 Å². The molecule has 0 aromatic heterocycles. The van der Waals surface area contributed by atoms with Crippen LogP contribution in [-0.4, -0.2) is 41.5 Å². The Labute approximate surface area is 178 Å². The van der Waals surface area contributed by atoms with Crippen molar-refractivity contribution < 1.29 is 23.5 Å². The molecule has 30 heavy (non-hydrogen) atoms.